The topological polar surface area (TPSA) is 78.5 Å². The van der Waals surface area contributed by atoms with Gasteiger partial charge in [-0.3, -0.25) is 4.68 Å². The first-order chi connectivity index (χ1) is 10.5. The highest BCUT2D eigenvalue weighted by Crippen LogP contribution is 2.35. The second-order valence-corrected chi connectivity index (χ2v) is 5.19. The largest absolute Gasteiger partial charge is 0.504 e. The number of hydrogen-bond donors (Lipinski definition) is 3. The zero-order valence-electron chi connectivity index (χ0n) is 11.3. The van der Waals surface area contributed by atoms with Crippen molar-refractivity contribution in [3.63, 3.8) is 0 Å². The second kappa shape index (κ2) is 5.47. The highest BCUT2D eigenvalue weighted by molar-refractivity contribution is 6.31. The average molecular weight is 323 g/mol. The monoisotopic (exact) mass is 322 g/mol. The van der Waals surface area contributed by atoms with Crippen LogP contribution in [0.15, 0.2) is 30.3 Å². The minimum atomic E-state index is -0.582. The number of phenolic OH excluding ortho intramolecular Hbond substituents is 2. The molecule has 0 amide bonds. The third-order valence-electron chi connectivity index (χ3n) is 3.35. The molecule has 0 bridgehead atoms. The number of halogens is 2. The Hall–Kier alpha value is -2.31. The molecule has 0 spiro atoms. The first-order valence-electron chi connectivity index (χ1n) is 6.50. The summed E-state index contributed by atoms with van der Waals surface area (Å²) in [6, 6.07) is 6.93. The van der Waals surface area contributed by atoms with E-state index in [9.17, 15) is 14.6 Å². The predicted octanol–water partition coefficient (Wildman–Crippen LogP) is 2.90. The molecule has 0 aliphatic rings. The van der Waals surface area contributed by atoms with Crippen LogP contribution in [0, 0.1) is 5.82 Å². The number of nitrogens with zero attached hydrogens (tertiary/aromatic N) is 2. The third-order valence-corrected chi connectivity index (χ3v) is 3.64. The van der Waals surface area contributed by atoms with E-state index in [0.717, 1.165) is 0 Å². The van der Waals surface area contributed by atoms with Gasteiger partial charge in [-0.15, -0.1) is 0 Å². The fourth-order valence-electron chi connectivity index (χ4n) is 2.32. The molecule has 7 heteroatoms. The van der Waals surface area contributed by atoms with Gasteiger partial charge in [-0.1, -0.05) is 11.6 Å². The molecule has 0 aliphatic heterocycles. The molecule has 2 aromatic carbocycles. The summed E-state index contributed by atoms with van der Waals surface area (Å²) in [5.41, 5.74) is 1.51. The van der Waals surface area contributed by atoms with E-state index in [0.29, 0.717) is 22.2 Å². The first-order valence-corrected chi connectivity index (χ1v) is 6.88. The normalized spacial score (nSPS) is 11.2. The minimum absolute atomic E-state index is 0.0355. The molecule has 0 fully saturated rings. The van der Waals surface area contributed by atoms with Gasteiger partial charge in [-0.05, 0) is 30.3 Å². The first kappa shape index (κ1) is 14.6. The van der Waals surface area contributed by atoms with E-state index < -0.39 is 5.82 Å². The van der Waals surface area contributed by atoms with Crippen molar-refractivity contribution in [3.05, 3.63) is 41.2 Å². The van der Waals surface area contributed by atoms with Gasteiger partial charge in [-0.25, -0.2) is 4.39 Å². The summed E-state index contributed by atoms with van der Waals surface area (Å²) in [5, 5.41) is 32.9. The standard InChI is InChI=1S/C15H12ClFN2O3/c16-10-7-12-9(6-11(10)17)15(18-19(12)3-4-20)8-1-2-13(21)14(22)5-8/h1-2,5-7,20-22H,3-4H2. The molecule has 0 saturated carbocycles. The Labute approximate surface area is 129 Å². The van der Waals surface area contributed by atoms with Crippen molar-refractivity contribution in [3.8, 4) is 22.8 Å². The number of aromatic hydroxyl groups is 2. The number of rotatable bonds is 3. The molecule has 114 valence electrons. The maximum absolute atomic E-state index is 13.8. The Bertz CT molecular complexity index is 864. The average Bonchev–Trinajstić information content (AvgIpc) is 2.81. The number of aliphatic hydroxyl groups excluding tert-OH is 1. The van der Waals surface area contributed by atoms with Gasteiger partial charge in [0.25, 0.3) is 0 Å². The van der Waals surface area contributed by atoms with Crippen LogP contribution < -0.4 is 0 Å². The smallest absolute Gasteiger partial charge is 0.158 e. The lowest BCUT2D eigenvalue weighted by Gasteiger charge is -2.01. The molecular formula is C15H12ClFN2O3. The Balaban J connectivity index is 2.28. The van der Waals surface area contributed by atoms with Crippen molar-refractivity contribution >= 4 is 22.5 Å². The van der Waals surface area contributed by atoms with Gasteiger partial charge in [0.1, 0.15) is 11.5 Å². The molecule has 3 N–H and O–H groups in total. The predicted molar refractivity (Wildman–Crippen MR) is 80.6 cm³/mol. The fraction of sp³-hybridized carbons (Fsp3) is 0.133. The van der Waals surface area contributed by atoms with Gasteiger partial charge in [0.05, 0.1) is 23.7 Å². The van der Waals surface area contributed by atoms with Gasteiger partial charge >= 0.3 is 0 Å². The van der Waals surface area contributed by atoms with E-state index in [1.165, 1.54) is 28.9 Å². The molecule has 3 rings (SSSR count). The van der Waals surface area contributed by atoms with E-state index in [4.69, 9.17) is 16.7 Å². The van der Waals surface area contributed by atoms with Crippen molar-refractivity contribution in [1.29, 1.82) is 0 Å². The lowest BCUT2D eigenvalue weighted by molar-refractivity contribution is 0.272. The van der Waals surface area contributed by atoms with Crippen LogP contribution in [0.4, 0.5) is 4.39 Å². The van der Waals surface area contributed by atoms with Crippen LogP contribution in [0.2, 0.25) is 5.02 Å². The maximum Gasteiger partial charge on any atom is 0.158 e. The molecule has 1 aromatic heterocycles. The number of aliphatic hydroxyl groups is 1. The Morgan fingerprint density at radius 2 is 1.91 bits per heavy atom. The molecule has 0 saturated heterocycles. The van der Waals surface area contributed by atoms with E-state index in [1.807, 2.05) is 0 Å². The summed E-state index contributed by atoms with van der Waals surface area (Å²) in [6.45, 7) is 0.0918. The molecule has 0 aliphatic carbocycles. The zero-order valence-corrected chi connectivity index (χ0v) is 12.0. The van der Waals surface area contributed by atoms with Crippen LogP contribution in [-0.4, -0.2) is 31.7 Å². The number of aromatic nitrogens is 2. The molecule has 0 radical (unpaired) electrons. The Morgan fingerprint density at radius 1 is 1.14 bits per heavy atom. The molecule has 1 heterocycles. The van der Waals surface area contributed by atoms with Gasteiger partial charge < -0.3 is 15.3 Å². The van der Waals surface area contributed by atoms with Crippen LogP contribution >= 0.6 is 11.6 Å². The van der Waals surface area contributed by atoms with Crippen LogP contribution in [0.25, 0.3) is 22.2 Å². The van der Waals surface area contributed by atoms with E-state index in [2.05, 4.69) is 5.10 Å². The minimum Gasteiger partial charge on any atom is -0.504 e. The number of fused-ring (bicyclic) bond motifs is 1. The second-order valence-electron chi connectivity index (χ2n) is 4.78. The fourth-order valence-corrected chi connectivity index (χ4v) is 2.48. The molecule has 5 nitrogen and oxygen atoms in total. The van der Waals surface area contributed by atoms with Crippen LogP contribution in [0.3, 0.4) is 0 Å². The van der Waals surface area contributed by atoms with Crippen molar-refractivity contribution in [2.75, 3.05) is 6.61 Å². The summed E-state index contributed by atoms with van der Waals surface area (Å²) < 4.78 is 15.3. The van der Waals surface area contributed by atoms with E-state index in [-0.39, 0.29) is 29.7 Å². The van der Waals surface area contributed by atoms with Crippen molar-refractivity contribution in [2.45, 2.75) is 6.54 Å². The highest BCUT2D eigenvalue weighted by atomic mass is 35.5. The SMILES string of the molecule is OCCn1nc(-c2ccc(O)c(O)c2)c2cc(F)c(Cl)cc21. The number of hydrogen-bond acceptors (Lipinski definition) is 4. The summed E-state index contributed by atoms with van der Waals surface area (Å²) >= 11 is 5.81. The number of benzene rings is 2. The summed E-state index contributed by atoms with van der Waals surface area (Å²) in [5.74, 6) is -1.13. The van der Waals surface area contributed by atoms with Crippen molar-refractivity contribution in [1.82, 2.24) is 9.78 Å². The van der Waals surface area contributed by atoms with Gasteiger partial charge in [0, 0.05) is 10.9 Å². The quantitative estimate of drug-likeness (QED) is 0.648. The highest BCUT2D eigenvalue weighted by Gasteiger charge is 2.16. The van der Waals surface area contributed by atoms with Gasteiger partial charge in [-0.2, -0.15) is 5.10 Å². The van der Waals surface area contributed by atoms with E-state index >= 15 is 0 Å². The van der Waals surface area contributed by atoms with Gasteiger partial charge in [0.2, 0.25) is 0 Å². The summed E-state index contributed by atoms with van der Waals surface area (Å²) in [6.07, 6.45) is 0. The Morgan fingerprint density at radius 3 is 2.59 bits per heavy atom. The van der Waals surface area contributed by atoms with Crippen LogP contribution in [0.5, 0.6) is 11.5 Å². The lowest BCUT2D eigenvalue weighted by Crippen LogP contribution is -2.03. The van der Waals surface area contributed by atoms with Crippen molar-refractivity contribution in [2.24, 2.45) is 0 Å². The molecular weight excluding hydrogens is 311 g/mol. The van der Waals surface area contributed by atoms with Crippen molar-refractivity contribution < 1.29 is 19.7 Å². The van der Waals surface area contributed by atoms with Crippen LogP contribution in [-0.2, 0) is 6.54 Å². The zero-order chi connectivity index (χ0) is 15.9. The Kier molecular flexibility index (Phi) is 3.64. The summed E-state index contributed by atoms with van der Waals surface area (Å²) in [7, 11) is 0. The van der Waals surface area contributed by atoms with Crippen LogP contribution in [0.1, 0.15) is 0 Å². The number of phenols is 2. The summed E-state index contributed by atoms with van der Waals surface area (Å²) in [4.78, 5) is 0. The molecule has 0 unspecified atom stereocenters. The van der Waals surface area contributed by atoms with Gasteiger partial charge in [0.15, 0.2) is 11.5 Å². The maximum atomic E-state index is 13.8. The molecule has 3 aromatic rings. The van der Waals surface area contributed by atoms with E-state index in [1.54, 1.807) is 6.07 Å². The molecule has 22 heavy (non-hydrogen) atoms. The third kappa shape index (κ3) is 2.36. The molecule has 0 atom stereocenters. The lowest BCUT2D eigenvalue weighted by atomic mass is 10.1.